The highest BCUT2D eigenvalue weighted by molar-refractivity contribution is 8.30. The second-order valence-corrected chi connectivity index (χ2v) is 6.70. The molecule has 0 nitrogen and oxygen atoms in total. The van der Waals surface area contributed by atoms with Crippen molar-refractivity contribution in [2.75, 3.05) is 5.75 Å². The molecule has 1 saturated heterocycles. The van der Waals surface area contributed by atoms with Gasteiger partial charge in [-0.05, 0) is 35.9 Å². The van der Waals surface area contributed by atoms with Gasteiger partial charge in [-0.2, -0.15) is 12.7 Å². The minimum absolute atomic E-state index is 0.00304. The third-order valence-corrected chi connectivity index (χ3v) is 5.78. The van der Waals surface area contributed by atoms with E-state index < -0.39 is 15.7 Å². The largest absolute Gasteiger partial charge is 0.306 e. The molecule has 0 spiro atoms. The Morgan fingerprint density at radius 1 is 1.20 bits per heavy atom. The average Bonchev–Trinajstić information content (AvgIpc) is 2.43. The maximum absolute atomic E-state index is 14.3. The molecule has 84 valence electrons. The minimum Gasteiger partial charge on any atom is -0.193 e. The lowest BCUT2D eigenvalue weighted by molar-refractivity contribution is 0.0941. The Kier molecular flexibility index (Phi) is 2.49. The van der Waals surface area contributed by atoms with Gasteiger partial charge in [0, 0.05) is 17.1 Å². The third-order valence-electron chi connectivity index (χ3n) is 2.76. The lowest BCUT2D eigenvalue weighted by Crippen LogP contribution is -2.17. The van der Waals surface area contributed by atoms with Crippen LogP contribution in [0.3, 0.4) is 0 Å². The van der Waals surface area contributed by atoms with Crippen LogP contribution in [-0.2, 0) is 0 Å². The van der Waals surface area contributed by atoms with Gasteiger partial charge in [-0.3, -0.25) is 0 Å². The first-order chi connectivity index (χ1) is 6.96. The first-order valence-corrected chi connectivity index (χ1v) is 6.61. The van der Waals surface area contributed by atoms with Gasteiger partial charge < -0.3 is 0 Å². The number of rotatable bonds is 1. The Morgan fingerprint density at radius 3 is 2.27 bits per heavy atom. The Labute approximate surface area is 89.1 Å². The van der Waals surface area contributed by atoms with Crippen molar-refractivity contribution < 1.29 is 12.7 Å². The van der Waals surface area contributed by atoms with E-state index in [-0.39, 0.29) is 23.5 Å². The molecule has 1 aromatic rings. The molecular formula is C11H13F3S. The summed E-state index contributed by atoms with van der Waals surface area (Å²) in [6, 6.07) is 6.39. The molecule has 0 bridgehead atoms. The Balaban J connectivity index is 2.41. The second kappa shape index (κ2) is 3.44. The monoisotopic (exact) mass is 234 g/mol. The van der Waals surface area contributed by atoms with Crippen molar-refractivity contribution in [2.45, 2.75) is 29.9 Å². The van der Waals surface area contributed by atoms with Crippen molar-refractivity contribution in [1.82, 2.24) is 0 Å². The molecule has 0 aliphatic carbocycles. The molecule has 4 heteroatoms. The van der Waals surface area contributed by atoms with Gasteiger partial charge in [0.1, 0.15) is 0 Å². The van der Waals surface area contributed by atoms with Crippen LogP contribution in [0, 0.1) is 6.92 Å². The first-order valence-electron chi connectivity index (χ1n) is 4.90. The van der Waals surface area contributed by atoms with Gasteiger partial charge in [0.05, 0.1) is 0 Å². The van der Waals surface area contributed by atoms with E-state index in [1.54, 1.807) is 12.1 Å². The van der Waals surface area contributed by atoms with Crippen molar-refractivity contribution in [3.05, 3.63) is 29.8 Å². The Hall–Kier alpha value is -0.640. The molecule has 0 saturated carbocycles. The molecule has 1 heterocycles. The summed E-state index contributed by atoms with van der Waals surface area (Å²) in [4.78, 5) is 0.190. The van der Waals surface area contributed by atoms with Gasteiger partial charge in [-0.15, -0.1) is 0 Å². The lowest BCUT2D eigenvalue weighted by atomic mass is 10.2. The molecule has 0 radical (unpaired) electrons. The predicted octanol–water partition coefficient (Wildman–Crippen LogP) is 4.43. The van der Waals surface area contributed by atoms with E-state index in [2.05, 4.69) is 0 Å². The Morgan fingerprint density at radius 2 is 1.80 bits per heavy atom. The Bertz CT molecular complexity index is 361. The molecule has 1 aliphatic heterocycles. The van der Waals surface area contributed by atoms with Crippen LogP contribution in [-0.4, -0.2) is 11.0 Å². The molecule has 1 fully saturated rings. The number of halogens is 3. The number of benzene rings is 1. The smallest absolute Gasteiger partial charge is 0.193 e. The van der Waals surface area contributed by atoms with Gasteiger partial charge in [0.15, 0.2) is 0 Å². The van der Waals surface area contributed by atoms with E-state index >= 15 is 0 Å². The molecule has 1 aliphatic rings. The molecule has 0 amide bonds. The quantitative estimate of drug-likeness (QED) is 0.674. The van der Waals surface area contributed by atoms with Gasteiger partial charge in [0.25, 0.3) is 0 Å². The summed E-state index contributed by atoms with van der Waals surface area (Å²) < 4.78 is 41.2. The standard InChI is InChI=1S/C11H13F3S/c1-9-3-5-10(6-4-9)15(14)8-2-7-11(15,12)13/h3-6H,2,7-8H2,1H3. The summed E-state index contributed by atoms with van der Waals surface area (Å²) in [5.41, 5.74) is 0.961. The van der Waals surface area contributed by atoms with E-state index in [9.17, 15) is 12.7 Å². The maximum atomic E-state index is 14.3. The maximum Gasteiger partial charge on any atom is 0.306 e. The normalized spacial score (nSPS) is 33.6. The van der Waals surface area contributed by atoms with Crippen molar-refractivity contribution in [2.24, 2.45) is 0 Å². The van der Waals surface area contributed by atoms with Crippen LogP contribution in [0.25, 0.3) is 0 Å². The van der Waals surface area contributed by atoms with Crippen LogP contribution in [0.1, 0.15) is 18.4 Å². The summed E-state index contributed by atoms with van der Waals surface area (Å²) in [6.45, 7) is 1.86. The van der Waals surface area contributed by atoms with Gasteiger partial charge in [-0.1, -0.05) is 17.7 Å². The summed E-state index contributed by atoms with van der Waals surface area (Å²) in [6.07, 6.45) is -0.0284. The van der Waals surface area contributed by atoms with Crippen LogP contribution in [0.2, 0.25) is 0 Å². The van der Waals surface area contributed by atoms with Crippen LogP contribution < -0.4 is 0 Å². The lowest BCUT2D eigenvalue weighted by Gasteiger charge is -2.32. The fourth-order valence-corrected chi connectivity index (χ4v) is 4.29. The zero-order valence-electron chi connectivity index (χ0n) is 8.47. The van der Waals surface area contributed by atoms with E-state index in [0.29, 0.717) is 0 Å². The van der Waals surface area contributed by atoms with Crippen LogP contribution in [0.5, 0.6) is 0 Å². The second-order valence-electron chi connectivity index (χ2n) is 3.91. The molecular weight excluding hydrogens is 221 g/mol. The topological polar surface area (TPSA) is 0 Å². The summed E-state index contributed by atoms with van der Waals surface area (Å²) in [7, 11) is -3.41. The van der Waals surface area contributed by atoms with Crippen LogP contribution in [0.4, 0.5) is 12.7 Å². The zero-order chi connectivity index (χ0) is 11.1. The summed E-state index contributed by atoms with van der Waals surface area (Å²) in [5.74, 6) is 0.00304. The highest BCUT2D eigenvalue weighted by Crippen LogP contribution is 2.73. The van der Waals surface area contributed by atoms with Crippen molar-refractivity contribution in [1.29, 1.82) is 0 Å². The zero-order valence-corrected chi connectivity index (χ0v) is 9.29. The third kappa shape index (κ3) is 1.65. The van der Waals surface area contributed by atoms with Crippen molar-refractivity contribution in [3.8, 4) is 0 Å². The van der Waals surface area contributed by atoms with Gasteiger partial charge >= 0.3 is 5.25 Å². The summed E-state index contributed by atoms with van der Waals surface area (Å²) in [5, 5.41) is -3.14. The molecule has 0 N–H and O–H groups in total. The fraction of sp³-hybridized carbons (Fsp3) is 0.455. The van der Waals surface area contributed by atoms with Crippen LogP contribution >= 0.6 is 10.4 Å². The number of alkyl halides is 2. The summed E-state index contributed by atoms with van der Waals surface area (Å²) >= 11 is 0. The molecule has 2 rings (SSSR count). The van der Waals surface area contributed by atoms with Crippen LogP contribution in [0.15, 0.2) is 29.2 Å². The first kappa shape index (κ1) is 10.9. The highest BCUT2D eigenvalue weighted by Gasteiger charge is 2.54. The number of aryl methyl sites for hydroxylation is 1. The molecule has 1 atom stereocenters. The fourth-order valence-electron chi connectivity index (χ4n) is 1.83. The number of hydrogen-bond donors (Lipinski definition) is 0. The van der Waals surface area contributed by atoms with E-state index in [1.165, 1.54) is 12.1 Å². The van der Waals surface area contributed by atoms with E-state index in [0.717, 1.165) is 5.56 Å². The molecule has 1 unspecified atom stereocenters. The SMILES string of the molecule is Cc1ccc(S2(F)CCCC2(F)F)cc1. The van der Waals surface area contributed by atoms with Crippen molar-refractivity contribution in [3.63, 3.8) is 0 Å². The predicted molar refractivity (Wildman–Crippen MR) is 57.2 cm³/mol. The number of hydrogen-bond acceptors (Lipinski definition) is 0. The highest BCUT2D eigenvalue weighted by atomic mass is 32.3. The molecule has 15 heavy (non-hydrogen) atoms. The van der Waals surface area contributed by atoms with Gasteiger partial charge in [-0.25, -0.2) is 0 Å². The van der Waals surface area contributed by atoms with E-state index in [1.807, 2.05) is 6.92 Å². The average molecular weight is 234 g/mol. The van der Waals surface area contributed by atoms with Gasteiger partial charge in [0.2, 0.25) is 0 Å². The molecule has 1 aromatic carbocycles. The molecule has 0 aromatic heterocycles. The van der Waals surface area contributed by atoms with Crippen molar-refractivity contribution >= 4 is 10.4 Å². The minimum atomic E-state index is -3.41. The van der Waals surface area contributed by atoms with E-state index in [4.69, 9.17) is 0 Å².